The molecule has 2 atom stereocenters. The van der Waals surface area contributed by atoms with E-state index in [1.807, 2.05) is 0 Å². The van der Waals surface area contributed by atoms with Gasteiger partial charge in [0.25, 0.3) is 0 Å². The molecule has 2 nitrogen and oxygen atoms in total. The number of hydrogen-bond acceptors (Lipinski definition) is 3. The first-order valence-electron chi connectivity index (χ1n) is 5.75. The molecule has 1 saturated heterocycles. The molecule has 2 aliphatic rings. The molecule has 2 rings (SSSR count). The predicted octanol–water partition coefficient (Wildman–Crippen LogP) is 1.42. The molecule has 0 aromatic carbocycles. The van der Waals surface area contributed by atoms with E-state index >= 15 is 0 Å². The van der Waals surface area contributed by atoms with Crippen LogP contribution in [0, 0.1) is 5.92 Å². The summed E-state index contributed by atoms with van der Waals surface area (Å²) in [5.41, 5.74) is 0. The number of nitrogens with zero attached hydrogens (tertiary/aromatic N) is 1. The fourth-order valence-electron chi connectivity index (χ4n) is 2.23. The molecule has 0 aromatic rings. The second-order valence-electron chi connectivity index (χ2n) is 4.84. The molecule has 82 valence electrons. The van der Waals surface area contributed by atoms with Crippen LogP contribution in [-0.2, 0) is 0 Å². The number of thioether (sulfide) groups is 1. The fraction of sp³-hybridized carbons (Fsp3) is 1.00. The van der Waals surface area contributed by atoms with E-state index in [1.165, 1.54) is 37.3 Å². The second-order valence-corrected chi connectivity index (χ2v) is 5.99. The monoisotopic (exact) mass is 214 g/mol. The average Bonchev–Trinajstić information content (AvgIpc) is 2.82. The Morgan fingerprint density at radius 2 is 2.14 bits per heavy atom. The first kappa shape index (κ1) is 10.8. The maximum Gasteiger partial charge on any atom is 0.0242 e. The van der Waals surface area contributed by atoms with Gasteiger partial charge in [-0.25, -0.2) is 0 Å². The van der Waals surface area contributed by atoms with E-state index in [0.29, 0.717) is 0 Å². The molecule has 1 heterocycles. The number of rotatable bonds is 5. The van der Waals surface area contributed by atoms with Crippen molar-refractivity contribution in [2.24, 2.45) is 5.92 Å². The SMILES string of the molecule is CN(C)C(CNC1CCSC1)C1CC1. The van der Waals surface area contributed by atoms with Crippen molar-refractivity contribution in [2.75, 3.05) is 32.1 Å². The summed E-state index contributed by atoms with van der Waals surface area (Å²) in [6, 6.07) is 1.57. The summed E-state index contributed by atoms with van der Waals surface area (Å²) in [6.45, 7) is 1.20. The van der Waals surface area contributed by atoms with E-state index in [4.69, 9.17) is 0 Å². The molecule has 1 N–H and O–H groups in total. The first-order valence-corrected chi connectivity index (χ1v) is 6.90. The van der Waals surface area contributed by atoms with E-state index in [9.17, 15) is 0 Å². The zero-order valence-electron chi connectivity index (χ0n) is 9.33. The van der Waals surface area contributed by atoms with Gasteiger partial charge in [0, 0.05) is 24.4 Å². The summed E-state index contributed by atoms with van der Waals surface area (Å²) in [5.74, 6) is 3.66. The minimum Gasteiger partial charge on any atom is -0.312 e. The maximum atomic E-state index is 3.72. The van der Waals surface area contributed by atoms with Gasteiger partial charge < -0.3 is 10.2 Å². The first-order chi connectivity index (χ1) is 6.77. The van der Waals surface area contributed by atoms with Crippen LogP contribution >= 0.6 is 11.8 Å². The quantitative estimate of drug-likeness (QED) is 0.745. The topological polar surface area (TPSA) is 15.3 Å². The van der Waals surface area contributed by atoms with Gasteiger partial charge in [0.1, 0.15) is 0 Å². The van der Waals surface area contributed by atoms with Crippen LogP contribution in [0.1, 0.15) is 19.3 Å². The summed E-state index contributed by atoms with van der Waals surface area (Å²) >= 11 is 2.09. The molecule has 2 unspecified atom stereocenters. The van der Waals surface area contributed by atoms with Gasteiger partial charge in [-0.3, -0.25) is 0 Å². The Kier molecular flexibility index (Phi) is 3.74. The van der Waals surface area contributed by atoms with Crippen LogP contribution in [0.5, 0.6) is 0 Å². The third-order valence-corrected chi connectivity index (χ3v) is 4.54. The lowest BCUT2D eigenvalue weighted by atomic mass is 10.1. The van der Waals surface area contributed by atoms with Gasteiger partial charge in [0.05, 0.1) is 0 Å². The molecule has 14 heavy (non-hydrogen) atoms. The summed E-state index contributed by atoms with van der Waals surface area (Å²) < 4.78 is 0. The van der Waals surface area contributed by atoms with Crippen LogP contribution in [0.25, 0.3) is 0 Å². The van der Waals surface area contributed by atoms with Crippen molar-refractivity contribution >= 4 is 11.8 Å². The van der Waals surface area contributed by atoms with Crippen molar-refractivity contribution in [3.05, 3.63) is 0 Å². The van der Waals surface area contributed by atoms with Crippen molar-refractivity contribution in [2.45, 2.75) is 31.3 Å². The Morgan fingerprint density at radius 1 is 1.36 bits per heavy atom. The third-order valence-electron chi connectivity index (χ3n) is 3.37. The molecule has 1 aliphatic heterocycles. The highest BCUT2D eigenvalue weighted by molar-refractivity contribution is 7.99. The number of likely N-dealkylation sites (N-methyl/N-ethyl adjacent to an activating group) is 1. The van der Waals surface area contributed by atoms with Crippen LogP contribution < -0.4 is 5.32 Å². The van der Waals surface area contributed by atoms with Crippen LogP contribution in [0.4, 0.5) is 0 Å². The van der Waals surface area contributed by atoms with Crippen LogP contribution in [-0.4, -0.2) is 49.1 Å². The lowest BCUT2D eigenvalue weighted by Crippen LogP contribution is -2.43. The van der Waals surface area contributed by atoms with Gasteiger partial charge in [-0.15, -0.1) is 0 Å². The van der Waals surface area contributed by atoms with E-state index in [1.54, 1.807) is 0 Å². The van der Waals surface area contributed by atoms with Crippen LogP contribution in [0.15, 0.2) is 0 Å². The lowest BCUT2D eigenvalue weighted by Gasteiger charge is -2.26. The Hall–Kier alpha value is 0.270. The third kappa shape index (κ3) is 2.88. The molecular formula is C11H22N2S. The van der Waals surface area contributed by atoms with Gasteiger partial charge in [0.15, 0.2) is 0 Å². The molecule has 1 aliphatic carbocycles. The molecule has 0 spiro atoms. The van der Waals surface area contributed by atoms with E-state index in [0.717, 1.165) is 18.0 Å². The van der Waals surface area contributed by atoms with E-state index < -0.39 is 0 Å². The van der Waals surface area contributed by atoms with Gasteiger partial charge in [0.2, 0.25) is 0 Å². The summed E-state index contributed by atoms with van der Waals surface area (Å²) in [4.78, 5) is 2.40. The minimum atomic E-state index is 0.778. The zero-order chi connectivity index (χ0) is 9.97. The highest BCUT2D eigenvalue weighted by atomic mass is 32.2. The smallest absolute Gasteiger partial charge is 0.0242 e. The largest absolute Gasteiger partial charge is 0.312 e. The lowest BCUT2D eigenvalue weighted by molar-refractivity contribution is 0.250. The molecule has 2 fully saturated rings. The summed E-state index contributed by atoms with van der Waals surface area (Å²) in [7, 11) is 4.43. The minimum absolute atomic E-state index is 0.778. The Morgan fingerprint density at radius 3 is 2.64 bits per heavy atom. The van der Waals surface area contributed by atoms with Crippen molar-refractivity contribution in [3.8, 4) is 0 Å². The van der Waals surface area contributed by atoms with Gasteiger partial charge in [-0.2, -0.15) is 11.8 Å². The molecule has 0 bridgehead atoms. The van der Waals surface area contributed by atoms with E-state index in [-0.39, 0.29) is 0 Å². The fourth-order valence-corrected chi connectivity index (χ4v) is 3.42. The van der Waals surface area contributed by atoms with Crippen molar-refractivity contribution in [1.82, 2.24) is 10.2 Å². The standard InChI is InChI=1S/C11H22N2S/c1-13(2)11(9-3-4-9)7-12-10-5-6-14-8-10/h9-12H,3-8H2,1-2H3. The van der Waals surface area contributed by atoms with Crippen LogP contribution in [0.3, 0.4) is 0 Å². The second kappa shape index (κ2) is 4.86. The van der Waals surface area contributed by atoms with Crippen LogP contribution in [0.2, 0.25) is 0 Å². The highest BCUT2D eigenvalue weighted by Gasteiger charge is 2.32. The van der Waals surface area contributed by atoms with Gasteiger partial charge in [-0.05, 0) is 45.0 Å². The van der Waals surface area contributed by atoms with Crippen molar-refractivity contribution in [1.29, 1.82) is 0 Å². The van der Waals surface area contributed by atoms with Gasteiger partial charge >= 0.3 is 0 Å². The predicted molar refractivity (Wildman–Crippen MR) is 63.9 cm³/mol. The maximum absolute atomic E-state index is 3.72. The van der Waals surface area contributed by atoms with Crippen molar-refractivity contribution in [3.63, 3.8) is 0 Å². The summed E-state index contributed by atoms with van der Waals surface area (Å²) in [6.07, 6.45) is 4.27. The summed E-state index contributed by atoms with van der Waals surface area (Å²) in [5, 5.41) is 3.72. The highest BCUT2D eigenvalue weighted by Crippen LogP contribution is 2.34. The van der Waals surface area contributed by atoms with Crippen molar-refractivity contribution < 1.29 is 0 Å². The molecule has 1 saturated carbocycles. The molecule has 0 radical (unpaired) electrons. The zero-order valence-corrected chi connectivity index (χ0v) is 10.1. The van der Waals surface area contributed by atoms with E-state index in [2.05, 4.69) is 36.1 Å². The number of nitrogens with one attached hydrogen (secondary N) is 1. The molecular weight excluding hydrogens is 192 g/mol. The Bertz CT molecular complexity index is 172. The average molecular weight is 214 g/mol. The normalized spacial score (nSPS) is 29.8. The molecule has 3 heteroatoms. The Labute approximate surface area is 91.8 Å². The molecule has 0 amide bonds. The number of hydrogen-bond donors (Lipinski definition) is 1. The Balaban J connectivity index is 1.70. The molecule has 0 aromatic heterocycles. The van der Waals surface area contributed by atoms with Gasteiger partial charge in [-0.1, -0.05) is 0 Å².